The molecule has 0 unspecified atom stereocenters. The van der Waals surface area contributed by atoms with E-state index in [0.717, 1.165) is 38.7 Å². The van der Waals surface area contributed by atoms with Crippen LogP contribution in [0.25, 0.3) is 0 Å². The maximum absolute atomic E-state index is 12.2. The number of hydrogen-bond acceptors (Lipinski definition) is 5. The van der Waals surface area contributed by atoms with E-state index < -0.39 is 14.6 Å². The molecule has 0 bridgehead atoms. The van der Waals surface area contributed by atoms with Crippen molar-refractivity contribution in [2.24, 2.45) is 4.99 Å². The molecule has 6 nitrogen and oxygen atoms in total. The lowest BCUT2D eigenvalue weighted by molar-refractivity contribution is 0.373. The van der Waals surface area contributed by atoms with E-state index in [9.17, 15) is 8.42 Å². The van der Waals surface area contributed by atoms with Crippen molar-refractivity contribution in [3.63, 3.8) is 0 Å². The van der Waals surface area contributed by atoms with Crippen molar-refractivity contribution in [3.8, 4) is 0 Å². The first kappa shape index (κ1) is 20.0. The zero-order chi connectivity index (χ0) is 18.5. The van der Waals surface area contributed by atoms with Crippen LogP contribution < -0.4 is 10.2 Å². The van der Waals surface area contributed by atoms with Gasteiger partial charge in [0.1, 0.15) is 0 Å². The van der Waals surface area contributed by atoms with Crippen LogP contribution in [0.15, 0.2) is 22.5 Å². The largest absolute Gasteiger partial charge is 0.360 e. The molecule has 2 heterocycles. The fourth-order valence-electron chi connectivity index (χ4n) is 2.59. The Morgan fingerprint density at radius 2 is 1.96 bits per heavy atom. The number of sulfone groups is 1. The number of anilines is 1. The Morgan fingerprint density at radius 1 is 1.28 bits per heavy atom. The van der Waals surface area contributed by atoms with Gasteiger partial charge in [-0.05, 0) is 45.2 Å². The van der Waals surface area contributed by atoms with Crippen molar-refractivity contribution in [2.75, 3.05) is 49.9 Å². The average Bonchev–Trinajstić information content (AvgIpc) is 3.07. The summed E-state index contributed by atoms with van der Waals surface area (Å²) in [5.41, 5.74) is 0. The van der Waals surface area contributed by atoms with Gasteiger partial charge in [-0.2, -0.15) is 0 Å². The van der Waals surface area contributed by atoms with Gasteiger partial charge in [-0.1, -0.05) is 0 Å². The molecule has 0 atom stereocenters. The summed E-state index contributed by atoms with van der Waals surface area (Å²) in [5.74, 6) is 0.901. The molecule has 0 aromatic carbocycles. The lowest BCUT2D eigenvalue weighted by Crippen LogP contribution is -2.52. The highest BCUT2D eigenvalue weighted by molar-refractivity contribution is 7.92. The second kappa shape index (κ2) is 8.40. The zero-order valence-corrected chi connectivity index (χ0v) is 17.3. The van der Waals surface area contributed by atoms with Crippen LogP contribution in [0.5, 0.6) is 0 Å². The van der Waals surface area contributed by atoms with Crippen molar-refractivity contribution in [3.05, 3.63) is 17.5 Å². The van der Waals surface area contributed by atoms with E-state index in [1.54, 1.807) is 32.1 Å². The standard InChI is InChI=1S/C17H30N4O2S2/c1-5-18-16(19-8-14-25(22,23)17(2,3)4)21-11-9-20(10-12-21)15-7-6-13-24-15/h6-7,13H,5,8-12,14H2,1-4H3,(H,18,19). The maximum atomic E-state index is 12.2. The van der Waals surface area contributed by atoms with E-state index in [-0.39, 0.29) is 5.75 Å². The van der Waals surface area contributed by atoms with Gasteiger partial charge < -0.3 is 15.1 Å². The number of hydrogen-bond donors (Lipinski definition) is 1. The highest BCUT2D eigenvalue weighted by atomic mass is 32.2. The first-order valence-corrected chi connectivity index (χ1v) is 11.3. The molecule has 142 valence electrons. The van der Waals surface area contributed by atoms with Crippen LogP contribution in [0.2, 0.25) is 0 Å². The number of aliphatic imine (C=N–C) groups is 1. The van der Waals surface area contributed by atoms with Crippen LogP contribution in [0.1, 0.15) is 27.7 Å². The molecule has 1 aromatic heterocycles. The maximum Gasteiger partial charge on any atom is 0.194 e. The van der Waals surface area contributed by atoms with E-state index in [4.69, 9.17) is 0 Å². The van der Waals surface area contributed by atoms with Crippen molar-refractivity contribution in [1.82, 2.24) is 10.2 Å². The van der Waals surface area contributed by atoms with E-state index in [1.165, 1.54) is 5.00 Å². The van der Waals surface area contributed by atoms with E-state index in [2.05, 4.69) is 37.6 Å². The lowest BCUT2D eigenvalue weighted by Gasteiger charge is -2.37. The zero-order valence-electron chi connectivity index (χ0n) is 15.7. The highest BCUT2D eigenvalue weighted by Crippen LogP contribution is 2.22. The summed E-state index contributed by atoms with van der Waals surface area (Å²) < 4.78 is 23.7. The molecule has 0 aliphatic carbocycles. The predicted molar refractivity (Wildman–Crippen MR) is 108 cm³/mol. The minimum atomic E-state index is -3.14. The molecule has 1 saturated heterocycles. The fraction of sp³-hybridized carbons (Fsp3) is 0.706. The monoisotopic (exact) mass is 386 g/mol. The molecule has 25 heavy (non-hydrogen) atoms. The second-order valence-electron chi connectivity index (χ2n) is 7.09. The minimum Gasteiger partial charge on any atom is -0.360 e. The molecule has 2 rings (SSSR count). The quantitative estimate of drug-likeness (QED) is 0.620. The second-order valence-corrected chi connectivity index (χ2v) is 10.9. The van der Waals surface area contributed by atoms with E-state index >= 15 is 0 Å². The van der Waals surface area contributed by atoms with Gasteiger partial charge in [-0.15, -0.1) is 11.3 Å². The summed E-state index contributed by atoms with van der Waals surface area (Å²) in [5, 5.41) is 6.70. The molecule has 1 aliphatic rings. The van der Waals surface area contributed by atoms with Gasteiger partial charge in [0.2, 0.25) is 0 Å². The Bertz CT molecular complexity index is 655. The predicted octanol–water partition coefficient (Wildman–Crippen LogP) is 2.05. The first-order chi connectivity index (χ1) is 11.7. The Morgan fingerprint density at radius 3 is 2.48 bits per heavy atom. The van der Waals surface area contributed by atoms with Gasteiger partial charge in [0, 0.05) is 32.7 Å². The molecule has 0 spiro atoms. The van der Waals surface area contributed by atoms with Gasteiger partial charge >= 0.3 is 0 Å². The summed E-state index contributed by atoms with van der Waals surface area (Å²) in [6, 6.07) is 4.23. The topological polar surface area (TPSA) is 65.0 Å². The van der Waals surface area contributed by atoms with Crippen LogP contribution in [-0.4, -0.2) is 69.0 Å². The third kappa shape index (κ3) is 5.34. The third-order valence-electron chi connectivity index (χ3n) is 4.29. The summed E-state index contributed by atoms with van der Waals surface area (Å²) in [7, 11) is -3.14. The van der Waals surface area contributed by atoms with Gasteiger partial charge in [-0.25, -0.2) is 8.42 Å². The van der Waals surface area contributed by atoms with Crippen LogP contribution in [0, 0.1) is 0 Å². The summed E-state index contributed by atoms with van der Waals surface area (Å²) in [6.07, 6.45) is 0. The summed E-state index contributed by atoms with van der Waals surface area (Å²) in [6.45, 7) is 12.0. The SMILES string of the molecule is CCNC(=NCCS(=O)(=O)C(C)(C)C)N1CCN(c2cccs2)CC1. The third-order valence-corrected chi connectivity index (χ3v) is 7.80. The number of nitrogens with zero attached hydrogens (tertiary/aromatic N) is 3. The van der Waals surface area contributed by atoms with Crippen molar-refractivity contribution >= 4 is 32.1 Å². The Labute approximate surface area is 155 Å². The average molecular weight is 387 g/mol. The van der Waals surface area contributed by atoms with Gasteiger partial charge in [0.25, 0.3) is 0 Å². The van der Waals surface area contributed by atoms with Crippen LogP contribution in [0.3, 0.4) is 0 Å². The molecule has 0 saturated carbocycles. The Hall–Kier alpha value is -1.28. The number of guanidine groups is 1. The normalized spacial score (nSPS) is 17.0. The molecular formula is C17H30N4O2S2. The van der Waals surface area contributed by atoms with Crippen molar-refractivity contribution < 1.29 is 8.42 Å². The summed E-state index contributed by atoms with van der Waals surface area (Å²) in [4.78, 5) is 9.16. The molecule has 1 fully saturated rings. The van der Waals surface area contributed by atoms with Crippen LogP contribution in [-0.2, 0) is 9.84 Å². The molecule has 0 amide bonds. The smallest absolute Gasteiger partial charge is 0.194 e. The number of nitrogens with one attached hydrogen (secondary N) is 1. The lowest BCUT2D eigenvalue weighted by atomic mass is 10.3. The molecule has 8 heteroatoms. The number of piperazine rings is 1. The van der Waals surface area contributed by atoms with Gasteiger partial charge in [-0.3, -0.25) is 4.99 Å². The van der Waals surface area contributed by atoms with E-state index in [1.807, 2.05) is 6.92 Å². The number of rotatable bonds is 5. The van der Waals surface area contributed by atoms with Gasteiger partial charge in [0.15, 0.2) is 15.8 Å². The summed E-state index contributed by atoms with van der Waals surface area (Å²) >= 11 is 1.76. The first-order valence-electron chi connectivity index (χ1n) is 8.78. The fourth-order valence-corrected chi connectivity index (χ4v) is 4.32. The molecule has 1 aliphatic heterocycles. The molecular weight excluding hydrogens is 356 g/mol. The highest BCUT2D eigenvalue weighted by Gasteiger charge is 2.28. The van der Waals surface area contributed by atoms with Crippen LogP contribution >= 0.6 is 11.3 Å². The van der Waals surface area contributed by atoms with E-state index in [0.29, 0.717) is 6.54 Å². The minimum absolute atomic E-state index is 0.0839. The Balaban J connectivity index is 1.94. The molecule has 1 aromatic rings. The molecule has 0 radical (unpaired) electrons. The number of thiophene rings is 1. The van der Waals surface area contributed by atoms with Crippen LogP contribution in [0.4, 0.5) is 5.00 Å². The van der Waals surface area contributed by atoms with Crippen molar-refractivity contribution in [2.45, 2.75) is 32.4 Å². The van der Waals surface area contributed by atoms with Gasteiger partial charge in [0.05, 0.1) is 22.0 Å². The van der Waals surface area contributed by atoms with Crippen molar-refractivity contribution in [1.29, 1.82) is 0 Å². The molecule has 1 N–H and O–H groups in total. The Kier molecular flexibility index (Phi) is 6.73.